The van der Waals surface area contributed by atoms with E-state index in [9.17, 15) is 14.4 Å². The molecule has 0 aliphatic heterocycles. The van der Waals surface area contributed by atoms with Crippen LogP contribution in [0.1, 0.15) is 18.1 Å². The minimum absolute atomic E-state index is 0.265. The Bertz CT molecular complexity index is 618. The highest BCUT2D eigenvalue weighted by atomic mass is 19.1. The van der Waals surface area contributed by atoms with Crippen LogP contribution < -0.4 is 5.06 Å². The molecule has 0 aliphatic carbocycles. The second-order valence-corrected chi connectivity index (χ2v) is 4.31. The molecule has 0 aromatic heterocycles. The van der Waals surface area contributed by atoms with E-state index in [4.69, 9.17) is 0 Å². The summed E-state index contributed by atoms with van der Waals surface area (Å²) in [6.45, 7) is 1.28. The second kappa shape index (κ2) is 6.12. The fourth-order valence-electron chi connectivity index (χ4n) is 1.67. The van der Waals surface area contributed by atoms with Crippen LogP contribution in [0.25, 0.3) is 12.2 Å². The van der Waals surface area contributed by atoms with Gasteiger partial charge in [0, 0.05) is 6.92 Å². The molecular weight excluding hydrogens is 257 g/mol. The van der Waals surface area contributed by atoms with Crippen molar-refractivity contribution in [3.05, 3.63) is 65.5 Å². The molecule has 0 unspecified atom stereocenters. The van der Waals surface area contributed by atoms with Crippen molar-refractivity contribution in [2.24, 2.45) is 0 Å². The lowest BCUT2D eigenvalue weighted by atomic mass is 10.1. The Morgan fingerprint density at radius 2 is 1.45 bits per heavy atom. The van der Waals surface area contributed by atoms with E-state index in [1.807, 2.05) is 12.2 Å². The molecule has 0 radical (unpaired) electrons. The fraction of sp³-hybridized carbons (Fsp3) is 0.0625. The van der Waals surface area contributed by atoms with Crippen molar-refractivity contribution in [3.8, 4) is 0 Å². The Balaban J connectivity index is 2.10. The van der Waals surface area contributed by atoms with E-state index in [2.05, 4.69) is 0 Å². The highest BCUT2D eigenvalue weighted by Gasteiger charge is 2.06. The SMILES string of the molecule is CC(=O)N(O)c1ccc(/C=C/c2ccc(F)cc2)cc1. The van der Waals surface area contributed by atoms with Crippen LogP contribution in [-0.2, 0) is 4.79 Å². The molecular formula is C16H14FNO2. The number of hydrogen-bond donors (Lipinski definition) is 1. The zero-order valence-electron chi connectivity index (χ0n) is 11.0. The van der Waals surface area contributed by atoms with E-state index < -0.39 is 5.91 Å². The van der Waals surface area contributed by atoms with Gasteiger partial charge in [0.2, 0.25) is 5.91 Å². The maximum Gasteiger partial charge on any atom is 0.247 e. The summed E-state index contributed by atoms with van der Waals surface area (Å²) >= 11 is 0. The molecule has 0 saturated carbocycles. The summed E-state index contributed by atoms with van der Waals surface area (Å²) in [5, 5.41) is 10.0. The van der Waals surface area contributed by atoms with Crippen LogP contribution in [0, 0.1) is 5.82 Å². The highest BCUT2D eigenvalue weighted by Crippen LogP contribution is 2.15. The van der Waals surface area contributed by atoms with Crippen molar-refractivity contribution in [2.45, 2.75) is 6.92 Å². The molecule has 2 aromatic rings. The van der Waals surface area contributed by atoms with E-state index in [-0.39, 0.29) is 5.82 Å². The Hall–Kier alpha value is -2.46. The van der Waals surface area contributed by atoms with E-state index in [0.717, 1.165) is 11.1 Å². The van der Waals surface area contributed by atoms with Gasteiger partial charge in [0.25, 0.3) is 0 Å². The van der Waals surface area contributed by atoms with Crippen LogP contribution in [0.3, 0.4) is 0 Å². The summed E-state index contributed by atoms with van der Waals surface area (Å²) < 4.78 is 12.8. The third-order valence-electron chi connectivity index (χ3n) is 2.77. The molecule has 0 saturated heterocycles. The maximum absolute atomic E-state index is 12.8. The smallest absolute Gasteiger partial charge is 0.247 e. The molecule has 0 aliphatic rings. The number of carbonyl (C=O) groups is 1. The number of rotatable bonds is 3. The van der Waals surface area contributed by atoms with Crippen LogP contribution >= 0.6 is 0 Å². The number of hydrogen-bond acceptors (Lipinski definition) is 2. The van der Waals surface area contributed by atoms with Crippen LogP contribution in [0.4, 0.5) is 10.1 Å². The lowest BCUT2D eigenvalue weighted by molar-refractivity contribution is -0.121. The first-order valence-corrected chi connectivity index (χ1v) is 6.09. The topological polar surface area (TPSA) is 40.5 Å². The van der Waals surface area contributed by atoms with Crippen LogP contribution in [-0.4, -0.2) is 11.1 Å². The average Bonchev–Trinajstić information content (AvgIpc) is 2.46. The molecule has 3 nitrogen and oxygen atoms in total. The lowest BCUT2D eigenvalue weighted by Crippen LogP contribution is -2.23. The fourth-order valence-corrected chi connectivity index (χ4v) is 1.67. The Kier molecular flexibility index (Phi) is 4.27. The molecule has 2 aromatic carbocycles. The van der Waals surface area contributed by atoms with E-state index in [0.29, 0.717) is 10.8 Å². The summed E-state index contributed by atoms with van der Waals surface area (Å²) in [6, 6.07) is 13.0. The molecule has 20 heavy (non-hydrogen) atoms. The van der Waals surface area contributed by atoms with Crippen LogP contribution in [0.15, 0.2) is 48.5 Å². The molecule has 4 heteroatoms. The summed E-state index contributed by atoms with van der Waals surface area (Å²) in [7, 11) is 0. The summed E-state index contributed by atoms with van der Waals surface area (Å²) in [5.41, 5.74) is 2.22. The molecule has 102 valence electrons. The van der Waals surface area contributed by atoms with Gasteiger partial charge in [-0.25, -0.2) is 4.39 Å². The van der Waals surface area contributed by atoms with Crippen molar-refractivity contribution >= 4 is 23.7 Å². The van der Waals surface area contributed by atoms with Gasteiger partial charge in [-0.1, -0.05) is 36.4 Å². The second-order valence-electron chi connectivity index (χ2n) is 4.31. The predicted octanol–water partition coefficient (Wildman–Crippen LogP) is 3.74. The number of carbonyl (C=O) groups excluding carboxylic acids is 1. The summed E-state index contributed by atoms with van der Waals surface area (Å²) in [5.74, 6) is -0.710. The minimum Gasteiger partial charge on any atom is -0.281 e. The van der Waals surface area contributed by atoms with Crippen molar-refractivity contribution < 1.29 is 14.4 Å². The van der Waals surface area contributed by atoms with Crippen molar-refractivity contribution in [3.63, 3.8) is 0 Å². The zero-order chi connectivity index (χ0) is 14.5. The third-order valence-corrected chi connectivity index (χ3v) is 2.77. The van der Waals surface area contributed by atoms with Gasteiger partial charge in [-0.15, -0.1) is 0 Å². The van der Waals surface area contributed by atoms with Crippen molar-refractivity contribution in [1.82, 2.24) is 0 Å². The standard InChI is InChI=1S/C16H14FNO2/c1-12(19)18(20)16-10-6-14(7-11-16)3-2-13-4-8-15(17)9-5-13/h2-11,20H,1H3/b3-2+. The van der Waals surface area contributed by atoms with Gasteiger partial charge in [-0.2, -0.15) is 5.06 Å². The highest BCUT2D eigenvalue weighted by molar-refractivity contribution is 5.89. The van der Waals surface area contributed by atoms with E-state index in [1.54, 1.807) is 36.4 Å². The number of amides is 1. The van der Waals surface area contributed by atoms with E-state index >= 15 is 0 Å². The lowest BCUT2D eigenvalue weighted by Gasteiger charge is -2.12. The number of benzene rings is 2. The maximum atomic E-state index is 12.8. The van der Waals surface area contributed by atoms with Gasteiger partial charge in [0.15, 0.2) is 0 Å². The summed E-state index contributed by atoms with van der Waals surface area (Å²) in [4.78, 5) is 11.0. The number of halogens is 1. The number of anilines is 1. The molecule has 1 amide bonds. The quantitative estimate of drug-likeness (QED) is 0.525. The molecule has 2 rings (SSSR count). The van der Waals surface area contributed by atoms with Gasteiger partial charge in [-0.3, -0.25) is 10.0 Å². The first kappa shape index (κ1) is 14.0. The third kappa shape index (κ3) is 3.52. The zero-order valence-corrected chi connectivity index (χ0v) is 11.0. The molecule has 0 spiro atoms. The van der Waals surface area contributed by atoms with Crippen LogP contribution in [0.5, 0.6) is 0 Å². The van der Waals surface area contributed by atoms with Crippen molar-refractivity contribution in [2.75, 3.05) is 5.06 Å². The monoisotopic (exact) mass is 271 g/mol. The number of hydroxylamine groups is 1. The average molecular weight is 271 g/mol. The molecule has 0 bridgehead atoms. The largest absolute Gasteiger partial charge is 0.281 e. The van der Waals surface area contributed by atoms with Gasteiger partial charge >= 0.3 is 0 Å². The molecule has 0 atom stereocenters. The number of nitrogens with zero attached hydrogens (tertiary/aromatic N) is 1. The Morgan fingerprint density at radius 1 is 1.00 bits per heavy atom. The first-order chi connectivity index (χ1) is 9.56. The predicted molar refractivity (Wildman–Crippen MR) is 76.7 cm³/mol. The Morgan fingerprint density at radius 3 is 1.90 bits per heavy atom. The van der Waals surface area contributed by atoms with Gasteiger partial charge in [0.1, 0.15) is 5.82 Å². The summed E-state index contributed by atoms with van der Waals surface area (Å²) in [6.07, 6.45) is 3.72. The first-order valence-electron chi connectivity index (χ1n) is 6.09. The van der Waals surface area contributed by atoms with Gasteiger partial charge in [0.05, 0.1) is 5.69 Å². The normalized spacial score (nSPS) is 10.8. The molecule has 1 N–H and O–H groups in total. The minimum atomic E-state index is -0.445. The molecule has 0 heterocycles. The van der Waals surface area contributed by atoms with Gasteiger partial charge < -0.3 is 0 Å². The Labute approximate surface area is 116 Å². The molecule has 0 fully saturated rings. The van der Waals surface area contributed by atoms with Crippen LogP contribution in [0.2, 0.25) is 0 Å². The van der Waals surface area contributed by atoms with Gasteiger partial charge in [-0.05, 0) is 35.4 Å². The van der Waals surface area contributed by atoms with Crippen molar-refractivity contribution in [1.29, 1.82) is 0 Å². The van der Waals surface area contributed by atoms with E-state index in [1.165, 1.54) is 19.1 Å².